The molecule has 0 atom stereocenters. The minimum absolute atomic E-state index is 0.650. The second-order valence-corrected chi connectivity index (χ2v) is 14.7. The molecule has 4 nitrogen and oxygen atoms in total. The highest BCUT2D eigenvalue weighted by molar-refractivity contribution is 7.26. The zero-order chi connectivity index (χ0) is 34.6. The molecular weight excluding hydrogens is 667 g/mol. The van der Waals surface area contributed by atoms with Crippen LogP contribution in [-0.2, 0) is 0 Å². The predicted octanol–water partition coefficient (Wildman–Crippen LogP) is 13.5. The number of nitrogens with zero attached hydrogens (tertiary/aromatic N) is 3. The molecule has 0 amide bonds. The van der Waals surface area contributed by atoms with E-state index in [1.807, 2.05) is 12.1 Å². The molecule has 0 saturated carbocycles. The fourth-order valence-electron chi connectivity index (χ4n) is 8.61. The van der Waals surface area contributed by atoms with Gasteiger partial charge in [-0.2, -0.15) is 0 Å². The van der Waals surface area contributed by atoms with Gasteiger partial charge in [-0.1, -0.05) is 146 Å². The SMILES string of the molecule is c1ccc(-c2nc(-n3c4c(-c5cccc6oc7ccccc7c56)cccc4c4c5ccccc5c5ccccc5c43)nc3c2sc2ccccc23)cc1. The highest BCUT2D eigenvalue weighted by Crippen LogP contribution is 2.47. The summed E-state index contributed by atoms with van der Waals surface area (Å²) in [5.74, 6) is 0.650. The molecule has 12 rings (SSSR count). The van der Waals surface area contributed by atoms with E-state index in [9.17, 15) is 0 Å². The van der Waals surface area contributed by atoms with Crippen molar-refractivity contribution >= 4 is 96.9 Å². The Balaban J connectivity index is 1.34. The molecule has 0 bridgehead atoms. The van der Waals surface area contributed by atoms with Gasteiger partial charge in [0.15, 0.2) is 0 Å². The monoisotopic (exact) mass is 693 g/mol. The predicted molar refractivity (Wildman–Crippen MR) is 222 cm³/mol. The molecule has 4 aromatic heterocycles. The summed E-state index contributed by atoms with van der Waals surface area (Å²) in [4.78, 5) is 11.1. The maximum absolute atomic E-state index is 6.43. The van der Waals surface area contributed by atoms with E-state index in [1.54, 1.807) is 11.3 Å². The number of aromatic nitrogens is 3. The average Bonchev–Trinajstić information content (AvgIpc) is 3.91. The summed E-state index contributed by atoms with van der Waals surface area (Å²) in [5.41, 5.74) is 9.10. The summed E-state index contributed by atoms with van der Waals surface area (Å²) >= 11 is 1.76. The molecule has 246 valence electrons. The van der Waals surface area contributed by atoms with Crippen LogP contribution in [0.5, 0.6) is 0 Å². The van der Waals surface area contributed by atoms with E-state index in [1.165, 1.54) is 26.2 Å². The fraction of sp³-hybridized carbons (Fsp3) is 0. The smallest absolute Gasteiger partial charge is 0.235 e. The van der Waals surface area contributed by atoms with Gasteiger partial charge in [0, 0.05) is 48.1 Å². The molecule has 0 N–H and O–H groups in total. The molecule has 0 aliphatic rings. The number of benzene rings is 8. The molecule has 5 heteroatoms. The Morgan fingerprint density at radius 3 is 1.91 bits per heavy atom. The lowest BCUT2D eigenvalue weighted by Gasteiger charge is -2.14. The Morgan fingerprint density at radius 2 is 1.06 bits per heavy atom. The van der Waals surface area contributed by atoms with Crippen molar-refractivity contribution < 1.29 is 4.42 Å². The Bertz CT molecular complexity index is 3460. The van der Waals surface area contributed by atoms with Crippen molar-refractivity contribution in [2.24, 2.45) is 0 Å². The maximum atomic E-state index is 6.43. The molecule has 53 heavy (non-hydrogen) atoms. The lowest BCUT2D eigenvalue weighted by molar-refractivity contribution is 0.669. The second kappa shape index (κ2) is 10.8. The molecule has 0 spiro atoms. The zero-order valence-electron chi connectivity index (χ0n) is 28.2. The van der Waals surface area contributed by atoms with Crippen molar-refractivity contribution in [2.75, 3.05) is 0 Å². The van der Waals surface area contributed by atoms with Crippen LogP contribution >= 0.6 is 11.3 Å². The highest BCUT2D eigenvalue weighted by atomic mass is 32.1. The third kappa shape index (κ3) is 4.00. The quantitative estimate of drug-likeness (QED) is 0.173. The molecule has 0 unspecified atom stereocenters. The van der Waals surface area contributed by atoms with E-state index in [0.717, 1.165) is 81.7 Å². The van der Waals surface area contributed by atoms with Crippen LogP contribution in [0, 0.1) is 0 Å². The van der Waals surface area contributed by atoms with Crippen LogP contribution < -0.4 is 0 Å². The first-order valence-electron chi connectivity index (χ1n) is 17.8. The summed E-state index contributed by atoms with van der Waals surface area (Å²) in [6.45, 7) is 0. The first-order chi connectivity index (χ1) is 26.3. The van der Waals surface area contributed by atoms with Crippen molar-refractivity contribution in [3.63, 3.8) is 0 Å². The van der Waals surface area contributed by atoms with Crippen LogP contribution in [0.15, 0.2) is 168 Å². The fourth-order valence-corrected chi connectivity index (χ4v) is 9.77. The first-order valence-corrected chi connectivity index (χ1v) is 18.7. The van der Waals surface area contributed by atoms with Crippen molar-refractivity contribution in [2.45, 2.75) is 0 Å². The molecule has 0 aliphatic heterocycles. The lowest BCUT2D eigenvalue weighted by Crippen LogP contribution is -2.04. The van der Waals surface area contributed by atoms with Gasteiger partial charge < -0.3 is 4.42 Å². The standard InChI is InChI=1S/C48H27N3OS/c1-2-14-28(15-3-1)43-47-44(36-21-9-11-27-40(36)53-47)50-48(49-43)51-45-34(32-22-13-26-39-41(32)35-20-8-10-25-38(35)52-39)23-12-24-37(45)42-31-18-6-4-16-29(31)30-17-5-7-19-33(30)46(42)51/h1-27H. The number of para-hydroxylation sites is 2. The van der Waals surface area contributed by atoms with Gasteiger partial charge in [-0.25, -0.2) is 9.97 Å². The highest BCUT2D eigenvalue weighted by Gasteiger charge is 2.25. The molecule has 0 aliphatic carbocycles. The third-order valence-corrected chi connectivity index (χ3v) is 12.0. The summed E-state index contributed by atoms with van der Waals surface area (Å²) in [5, 5.41) is 10.5. The maximum Gasteiger partial charge on any atom is 0.235 e. The van der Waals surface area contributed by atoms with Gasteiger partial charge in [-0.15, -0.1) is 11.3 Å². The topological polar surface area (TPSA) is 43.9 Å². The van der Waals surface area contributed by atoms with Crippen LogP contribution in [0.1, 0.15) is 0 Å². The summed E-state index contributed by atoms with van der Waals surface area (Å²) in [6, 6.07) is 58.1. The van der Waals surface area contributed by atoms with Gasteiger partial charge in [0.1, 0.15) is 11.2 Å². The van der Waals surface area contributed by atoms with E-state index >= 15 is 0 Å². The number of rotatable bonds is 3. The largest absolute Gasteiger partial charge is 0.456 e. The van der Waals surface area contributed by atoms with Gasteiger partial charge in [-0.05, 0) is 39.9 Å². The van der Waals surface area contributed by atoms with Gasteiger partial charge in [0.2, 0.25) is 5.95 Å². The third-order valence-electron chi connectivity index (χ3n) is 10.8. The molecule has 4 heterocycles. The van der Waals surface area contributed by atoms with E-state index in [4.69, 9.17) is 14.4 Å². The van der Waals surface area contributed by atoms with Gasteiger partial charge >= 0.3 is 0 Å². The van der Waals surface area contributed by atoms with E-state index < -0.39 is 0 Å². The van der Waals surface area contributed by atoms with Crippen molar-refractivity contribution in [1.29, 1.82) is 0 Å². The van der Waals surface area contributed by atoms with Crippen molar-refractivity contribution in [3.05, 3.63) is 164 Å². The number of fused-ring (bicyclic) bond motifs is 14. The minimum atomic E-state index is 0.650. The number of thiophene rings is 1. The normalized spacial score (nSPS) is 12.2. The van der Waals surface area contributed by atoms with Crippen molar-refractivity contribution in [3.8, 4) is 28.3 Å². The summed E-state index contributed by atoms with van der Waals surface area (Å²) < 4.78 is 11.1. The van der Waals surface area contributed by atoms with E-state index in [2.05, 4.69) is 156 Å². The number of hydrogen-bond acceptors (Lipinski definition) is 4. The molecule has 0 saturated heterocycles. The van der Waals surface area contributed by atoms with E-state index in [-0.39, 0.29) is 0 Å². The molecule has 8 aromatic carbocycles. The van der Waals surface area contributed by atoms with E-state index in [0.29, 0.717) is 5.95 Å². The zero-order valence-corrected chi connectivity index (χ0v) is 29.1. The van der Waals surface area contributed by atoms with Crippen LogP contribution in [0.3, 0.4) is 0 Å². The molecule has 12 aromatic rings. The average molecular weight is 694 g/mol. The summed E-state index contributed by atoms with van der Waals surface area (Å²) in [7, 11) is 0. The second-order valence-electron chi connectivity index (χ2n) is 13.6. The Hall–Kier alpha value is -6.82. The van der Waals surface area contributed by atoms with Gasteiger partial charge in [0.25, 0.3) is 0 Å². The molecule has 0 fully saturated rings. The summed E-state index contributed by atoms with van der Waals surface area (Å²) in [6.07, 6.45) is 0. The van der Waals surface area contributed by atoms with Crippen LogP contribution in [0.4, 0.5) is 0 Å². The molecular formula is C48H27N3OS. The van der Waals surface area contributed by atoms with Gasteiger partial charge in [-0.3, -0.25) is 4.57 Å². The Morgan fingerprint density at radius 1 is 0.434 bits per heavy atom. The van der Waals surface area contributed by atoms with Gasteiger partial charge in [0.05, 0.1) is 26.9 Å². The first kappa shape index (κ1) is 28.8. The van der Waals surface area contributed by atoms with Crippen molar-refractivity contribution in [1.82, 2.24) is 14.5 Å². The van der Waals surface area contributed by atoms with Crippen LogP contribution in [0.2, 0.25) is 0 Å². The number of furan rings is 1. The number of hydrogen-bond donors (Lipinski definition) is 0. The Kier molecular flexibility index (Phi) is 5.90. The van der Waals surface area contributed by atoms with Crippen LogP contribution in [-0.4, -0.2) is 14.5 Å². The van der Waals surface area contributed by atoms with Crippen LogP contribution in [0.25, 0.3) is 114 Å². The lowest BCUT2D eigenvalue weighted by atomic mass is 9.95. The molecule has 0 radical (unpaired) electrons. The minimum Gasteiger partial charge on any atom is -0.456 e. The Labute approximate surface area is 306 Å².